The van der Waals surface area contributed by atoms with Gasteiger partial charge in [0.05, 0.1) is 25.9 Å². The predicted octanol–water partition coefficient (Wildman–Crippen LogP) is 2.95. The maximum Gasteiger partial charge on any atom is 0.291 e. The Kier molecular flexibility index (Phi) is 5.41. The van der Waals surface area contributed by atoms with Crippen LogP contribution in [-0.4, -0.2) is 35.9 Å². The Morgan fingerprint density at radius 2 is 1.70 bits per heavy atom. The predicted molar refractivity (Wildman–Crippen MR) is 117 cm³/mol. The molecule has 0 aliphatic heterocycles. The summed E-state index contributed by atoms with van der Waals surface area (Å²) in [6, 6.07) is 11.7. The molecule has 7 nitrogen and oxygen atoms in total. The fourth-order valence-corrected chi connectivity index (χ4v) is 4.07. The number of rotatable bonds is 6. The van der Waals surface area contributed by atoms with Gasteiger partial charge in [0.15, 0.2) is 17.3 Å². The molecule has 2 aromatic carbocycles. The molecule has 2 heterocycles. The summed E-state index contributed by atoms with van der Waals surface area (Å²) in [5, 5.41) is 4.41. The van der Waals surface area contributed by atoms with Crippen LogP contribution < -0.4 is 24.3 Å². The summed E-state index contributed by atoms with van der Waals surface area (Å²) >= 11 is 1.31. The molecule has 0 aliphatic carbocycles. The second-order valence-corrected chi connectivity index (χ2v) is 7.56. The molecular formula is C22H21N3O4S. The van der Waals surface area contributed by atoms with E-state index in [-0.39, 0.29) is 5.56 Å². The molecule has 4 rings (SSSR count). The van der Waals surface area contributed by atoms with Gasteiger partial charge >= 0.3 is 0 Å². The molecule has 0 atom stereocenters. The number of nitrogens with zero attached hydrogens (tertiary/aromatic N) is 3. The van der Waals surface area contributed by atoms with Crippen LogP contribution in [0.5, 0.6) is 17.2 Å². The second kappa shape index (κ2) is 8.16. The number of methoxy groups -OCH3 is 3. The van der Waals surface area contributed by atoms with Crippen molar-refractivity contribution in [1.29, 1.82) is 0 Å². The van der Waals surface area contributed by atoms with E-state index in [9.17, 15) is 4.79 Å². The first-order valence-electron chi connectivity index (χ1n) is 9.38. The van der Waals surface area contributed by atoms with Gasteiger partial charge in [0, 0.05) is 5.56 Å². The third kappa shape index (κ3) is 3.50. The molecule has 8 heteroatoms. The average Bonchev–Trinajstić information content (AvgIpc) is 3.32. The summed E-state index contributed by atoms with van der Waals surface area (Å²) < 4.78 is 18.0. The highest BCUT2D eigenvalue weighted by atomic mass is 32.1. The minimum absolute atomic E-state index is 0.194. The SMILES string of the molecule is CCc1ccc(C=c2sc3nc(-c4cc(OC)c(OC)c(OC)c4)nn3c2=O)cc1. The smallest absolute Gasteiger partial charge is 0.291 e. The van der Waals surface area contributed by atoms with Crippen LogP contribution in [0.1, 0.15) is 18.1 Å². The van der Waals surface area contributed by atoms with E-state index < -0.39 is 0 Å². The number of ether oxygens (including phenoxy) is 3. The van der Waals surface area contributed by atoms with Crippen molar-refractivity contribution in [3.8, 4) is 28.6 Å². The van der Waals surface area contributed by atoms with E-state index in [0.717, 1.165) is 12.0 Å². The van der Waals surface area contributed by atoms with Crippen molar-refractivity contribution in [2.24, 2.45) is 0 Å². The van der Waals surface area contributed by atoms with Crippen LogP contribution in [0.4, 0.5) is 0 Å². The van der Waals surface area contributed by atoms with Crippen molar-refractivity contribution >= 4 is 22.4 Å². The van der Waals surface area contributed by atoms with Crippen molar-refractivity contribution in [3.05, 3.63) is 62.4 Å². The number of fused-ring (bicyclic) bond motifs is 1. The Hall–Kier alpha value is -3.39. The topological polar surface area (TPSA) is 74.9 Å². The van der Waals surface area contributed by atoms with Gasteiger partial charge < -0.3 is 14.2 Å². The van der Waals surface area contributed by atoms with Gasteiger partial charge in [0.25, 0.3) is 5.56 Å². The van der Waals surface area contributed by atoms with Gasteiger partial charge in [-0.2, -0.15) is 9.50 Å². The lowest BCUT2D eigenvalue weighted by Crippen LogP contribution is -2.23. The number of hydrogen-bond donors (Lipinski definition) is 0. The fraction of sp³-hybridized carbons (Fsp3) is 0.227. The fourth-order valence-electron chi connectivity index (χ4n) is 3.17. The molecule has 0 fully saturated rings. The van der Waals surface area contributed by atoms with Crippen molar-refractivity contribution in [2.45, 2.75) is 13.3 Å². The van der Waals surface area contributed by atoms with Crippen LogP contribution in [0.15, 0.2) is 41.2 Å². The molecule has 0 spiro atoms. The highest BCUT2D eigenvalue weighted by Crippen LogP contribution is 2.40. The Morgan fingerprint density at radius 3 is 2.23 bits per heavy atom. The van der Waals surface area contributed by atoms with Crippen molar-refractivity contribution in [3.63, 3.8) is 0 Å². The van der Waals surface area contributed by atoms with Crippen LogP contribution >= 0.6 is 11.3 Å². The number of aryl methyl sites for hydroxylation is 1. The lowest BCUT2D eigenvalue weighted by molar-refractivity contribution is 0.324. The zero-order valence-electron chi connectivity index (χ0n) is 17.1. The van der Waals surface area contributed by atoms with Gasteiger partial charge in [-0.05, 0) is 35.8 Å². The monoisotopic (exact) mass is 423 g/mol. The zero-order valence-corrected chi connectivity index (χ0v) is 17.9. The first-order valence-corrected chi connectivity index (χ1v) is 10.2. The van der Waals surface area contributed by atoms with E-state index >= 15 is 0 Å². The van der Waals surface area contributed by atoms with E-state index in [2.05, 4.69) is 29.1 Å². The summed E-state index contributed by atoms with van der Waals surface area (Å²) in [6.07, 6.45) is 2.84. The van der Waals surface area contributed by atoms with E-state index in [4.69, 9.17) is 14.2 Å². The minimum Gasteiger partial charge on any atom is -0.493 e. The molecule has 0 saturated heterocycles. The Morgan fingerprint density at radius 1 is 1.03 bits per heavy atom. The lowest BCUT2D eigenvalue weighted by Gasteiger charge is -2.12. The largest absolute Gasteiger partial charge is 0.493 e. The standard InChI is InChI=1S/C22H21N3O4S/c1-5-13-6-8-14(9-7-13)10-18-21(26)25-22(30-18)23-20(24-25)15-11-16(27-2)19(29-4)17(12-15)28-3/h6-12H,5H2,1-4H3. The maximum absolute atomic E-state index is 12.8. The third-order valence-electron chi connectivity index (χ3n) is 4.79. The molecule has 0 N–H and O–H groups in total. The van der Waals surface area contributed by atoms with Crippen LogP contribution in [0.25, 0.3) is 22.4 Å². The van der Waals surface area contributed by atoms with Crippen molar-refractivity contribution < 1.29 is 14.2 Å². The first kappa shape index (κ1) is 19.9. The van der Waals surface area contributed by atoms with Gasteiger partial charge in [0.2, 0.25) is 10.7 Å². The molecule has 0 unspecified atom stereocenters. The van der Waals surface area contributed by atoms with Crippen LogP contribution in [-0.2, 0) is 6.42 Å². The molecule has 30 heavy (non-hydrogen) atoms. The van der Waals surface area contributed by atoms with Gasteiger partial charge in [-0.3, -0.25) is 4.79 Å². The average molecular weight is 423 g/mol. The Balaban J connectivity index is 1.77. The van der Waals surface area contributed by atoms with E-state index in [1.807, 2.05) is 18.2 Å². The third-order valence-corrected chi connectivity index (χ3v) is 5.75. The van der Waals surface area contributed by atoms with Crippen LogP contribution in [0, 0.1) is 0 Å². The quantitative estimate of drug-likeness (QED) is 0.475. The number of thiazole rings is 1. The normalized spacial score (nSPS) is 11.8. The number of benzene rings is 2. The molecule has 4 aromatic rings. The second-order valence-electron chi connectivity index (χ2n) is 6.55. The summed E-state index contributed by atoms with van der Waals surface area (Å²) in [7, 11) is 4.64. The molecule has 0 aliphatic rings. The van der Waals surface area contributed by atoms with Gasteiger partial charge in [0.1, 0.15) is 0 Å². The highest BCUT2D eigenvalue weighted by molar-refractivity contribution is 7.15. The summed E-state index contributed by atoms with van der Waals surface area (Å²) in [5.74, 6) is 1.89. The Bertz CT molecular complexity index is 1280. The van der Waals surface area contributed by atoms with E-state index in [1.165, 1.54) is 21.4 Å². The molecule has 0 saturated carbocycles. The number of aromatic nitrogens is 3. The highest BCUT2D eigenvalue weighted by Gasteiger charge is 2.18. The Labute approximate surface area is 177 Å². The number of hydrogen-bond acceptors (Lipinski definition) is 7. The first-order chi connectivity index (χ1) is 14.6. The van der Waals surface area contributed by atoms with E-state index in [1.54, 1.807) is 33.5 Å². The van der Waals surface area contributed by atoms with Crippen LogP contribution in [0.3, 0.4) is 0 Å². The van der Waals surface area contributed by atoms with Gasteiger partial charge in [-0.25, -0.2) is 0 Å². The molecule has 0 radical (unpaired) electrons. The van der Waals surface area contributed by atoms with Crippen molar-refractivity contribution in [1.82, 2.24) is 14.6 Å². The summed E-state index contributed by atoms with van der Waals surface area (Å²) in [4.78, 5) is 17.9. The van der Waals surface area contributed by atoms with Gasteiger partial charge in [-0.15, -0.1) is 5.10 Å². The summed E-state index contributed by atoms with van der Waals surface area (Å²) in [5.41, 5.74) is 2.70. The van der Waals surface area contributed by atoms with E-state index in [0.29, 0.717) is 38.1 Å². The molecular weight excluding hydrogens is 402 g/mol. The van der Waals surface area contributed by atoms with Crippen molar-refractivity contribution in [2.75, 3.05) is 21.3 Å². The van der Waals surface area contributed by atoms with Gasteiger partial charge in [-0.1, -0.05) is 42.5 Å². The molecule has 0 bridgehead atoms. The zero-order chi connectivity index (χ0) is 21.3. The summed E-state index contributed by atoms with van der Waals surface area (Å²) in [6.45, 7) is 2.11. The molecule has 2 aromatic heterocycles. The minimum atomic E-state index is -0.194. The molecule has 0 amide bonds. The lowest BCUT2D eigenvalue weighted by atomic mass is 10.1. The van der Waals surface area contributed by atoms with Crippen LogP contribution in [0.2, 0.25) is 0 Å². The molecule has 154 valence electrons. The maximum atomic E-state index is 12.8.